The van der Waals surface area contributed by atoms with Crippen LogP contribution >= 0.6 is 0 Å². The first kappa shape index (κ1) is 12.1. The number of carboxylic acids is 1. The average molecular weight is 237 g/mol. The zero-order valence-corrected chi connectivity index (χ0v) is 10.1. The Balaban J connectivity index is 2.07. The second-order valence-electron chi connectivity index (χ2n) is 4.55. The molecule has 1 heterocycles. The summed E-state index contributed by atoms with van der Waals surface area (Å²) < 4.78 is 1.75. The highest BCUT2D eigenvalue weighted by molar-refractivity contribution is 5.75. The van der Waals surface area contributed by atoms with Crippen LogP contribution in [0.5, 0.6) is 0 Å². The predicted octanol–water partition coefficient (Wildman–Crippen LogP) is 1.56. The van der Waals surface area contributed by atoms with Crippen molar-refractivity contribution in [3.05, 3.63) is 18.0 Å². The van der Waals surface area contributed by atoms with Crippen LogP contribution in [0.3, 0.4) is 0 Å². The standard InChI is InChI=1S/C12H19N3O2/c1-2-15-8-9(7-13-15)11(12(16)17)14-10-5-3-4-6-10/h7-8,10-11,14H,2-6H2,1H3,(H,16,17). The fourth-order valence-corrected chi connectivity index (χ4v) is 2.34. The second-order valence-corrected chi connectivity index (χ2v) is 4.55. The lowest BCUT2D eigenvalue weighted by molar-refractivity contribution is -0.139. The van der Waals surface area contributed by atoms with Crippen molar-refractivity contribution in [1.29, 1.82) is 0 Å². The van der Waals surface area contributed by atoms with Crippen LogP contribution in [-0.2, 0) is 11.3 Å². The molecule has 0 saturated heterocycles. The van der Waals surface area contributed by atoms with Crippen LogP contribution in [0, 0.1) is 0 Å². The molecule has 17 heavy (non-hydrogen) atoms. The third kappa shape index (κ3) is 2.85. The fourth-order valence-electron chi connectivity index (χ4n) is 2.34. The minimum Gasteiger partial charge on any atom is -0.480 e. The summed E-state index contributed by atoms with van der Waals surface area (Å²) in [6.45, 7) is 2.74. The fraction of sp³-hybridized carbons (Fsp3) is 0.667. The zero-order chi connectivity index (χ0) is 12.3. The van der Waals surface area contributed by atoms with Gasteiger partial charge in [0, 0.05) is 24.3 Å². The van der Waals surface area contributed by atoms with Crippen LogP contribution in [-0.4, -0.2) is 26.9 Å². The molecule has 1 atom stereocenters. The summed E-state index contributed by atoms with van der Waals surface area (Å²) in [6, 6.07) is -0.292. The van der Waals surface area contributed by atoms with E-state index in [1.807, 2.05) is 6.92 Å². The SMILES string of the molecule is CCn1cc(C(NC2CCCC2)C(=O)O)cn1. The Morgan fingerprint density at radius 2 is 2.35 bits per heavy atom. The lowest BCUT2D eigenvalue weighted by atomic mass is 10.1. The van der Waals surface area contributed by atoms with E-state index in [-0.39, 0.29) is 0 Å². The molecule has 5 heteroatoms. The van der Waals surface area contributed by atoms with Gasteiger partial charge >= 0.3 is 5.97 Å². The normalized spacial score (nSPS) is 18.4. The molecule has 1 fully saturated rings. The number of rotatable bonds is 5. The Bertz CT molecular complexity index is 383. The molecule has 1 unspecified atom stereocenters. The molecule has 5 nitrogen and oxygen atoms in total. The van der Waals surface area contributed by atoms with Gasteiger partial charge in [-0.2, -0.15) is 5.10 Å². The summed E-state index contributed by atoms with van der Waals surface area (Å²) in [6.07, 6.45) is 7.98. The Hall–Kier alpha value is -1.36. The first-order valence-corrected chi connectivity index (χ1v) is 6.22. The lowest BCUT2D eigenvalue weighted by Gasteiger charge is -2.18. The van der Waals surface area contributed by atoms with Gasteiger partial charge in [-0.25, -0.2) is 0 Å². The van der Waals surface area contributed by atoms with Crippen LogP contribution in [0.4, 0.5) is 0 Å². The highest BCUT2D eigenvalue weighted by Crippen LogP contribution is 2.22. The largest absolute Gasteiger partial charge is 0.480 e. The van der Waals surface area contributed by atoms with E-state index in [9.17, 15) is 9.90 Å². The van der Waals surface area contributed by atoms with E-state index in [1.54, 1.807) is 17.1 Å². The predicted molar refractivity (Wildman–Crippen MR) is 63.7 cm³/mol. The van der Waals surface area contributed by atoms with Gasteiger partial charge in [0.05, 0.1) is 6.20 Å². The molecule has 1 aromatic heterocycles. The molecule has 0 aromatic carbocycles. The van der Waals surface area contributed by atoms with Crippen LogP contribution in [0.2, 0.25) is 0 Å². The van der Waals surface area contributed by atoms with E-state index in [2.05, 4.69) is 10.4 Å². The molecule has 0 spiro atoms. The van der Waals surface area contributed by atoms with E-state index in [0.717, 1.165) is 24.9 Å². The molecule has 0 radical (unpaired) electrons. The summed E-state index contributed by atoms with van der Waals surface area (Å²) >= 11 is 0. The van der Waals surface area contributed by atoms with Gasteiger partial charge in [-0.15, -0.1) is 0 Å². The van der Waals surface area contributed by atoms with Crippen LogP contribution < -0.4 is 5.32 Å². The van der Waals surface area contributed by atoms with Gasteiger partial charge in [-0.1, -0.05) is 12.8 Å². The van der Waals surface area contributed by atoms with Gasteiger partial charge in [0.15, 0.2) is 0 Å². The molecular formula is C12H19N3O2. The number of hydrogen-bond donors (Lipinski definition) is 2. The summed E-state index contributed by atoms with van der Waals surface area (Å²) in [4.78, 5) is 11.3. The van der Waals surface area contributed by atoms with E-state index in [0.29, 0.717) is 6.04 Å². The third-order valence-electron chi connectivity index (χ3n) is 3.32. The Labute approximate surface area is 101 Å². The highest BCUT2D eigenvalue weighted by Gasteiger charge is 2.26. The maximum atomic E-state index is 11.3. The Kier molecular flexibility index (Phi) is 3.78. The summed E-state index contributed by atoms with van der Waals surface area (Å²) in [7, 11) is 0. The lowest BCUT2D eigenvalue weighted by Crippen LogP contribution is -2.35. The van der Waals surface area contributed by atoms with Crippen LogP contribution in [0.1, 0.15) is 44.2 Å². The minimum atomic E-state index is -0.826. The van der Waals surface area contributed by atoms with E-state index in [4.69, 9.17) is 0 Å². The third-order valence-corrected chi connectivity index (χ3v) is 3.32. The Morgan fingerprint density at radius 3 is 2.88 bits per heavy atom. The highest BCUT2D eigenvalue weighted by atomic mass is 16.4. The van der Waals surface area contributed by atoms with Gasteiger partial charge in [0.2, 0.25) is 0 Å². The number of nitrogens with zero attached hydrogens (tertiary/aromatic N) is 2. The zero-order valence-electron chi connectivity index (χ0n) is 10.1. The maximum Gasteiger partial charge on any atom is 0.325 e. The van der Waals surface area contributed by atoms with Gasteiger partial charge in [-0.3, -0.25) is 14.8 Å². The van der Waals surface area contributed by atoms with Gasteiger partial charge in [-0.05, 0) is 19.8 Å². The number of carboxylic acid groups (broad SMARTS) is 1. The quantitative estimate of drug-likeness (QED) is 0.815. The number of aliphatic carboxylic acids is 1. The molecule has 1 aromatic rings. The van der Waals surface area contributed by atoms with Crippen molar-refractivity contribution in [1.82, 2.24) is 15.1 Å². The van der Waals surface area contributed by atoms with Crippen LogP contribution in [0.25, 0.3) is 0 Å². The maximum absolute atomic E-state index is 11.3. The Morgan fingerprint density at radius 1 is 1.65 bits per heavy atom. The molecule has 0 aliphatic heterocycles. The molecule has 0 amide bonds. The second kappa shape index (κ2) is 5.31. The number of aryl methyl sites for hydroxylation is 1. The molecule has 94 valence electrons. The molecule has 1 aliphatic carbocycles. The van der Waals surface area contributed by atoms with Crippen molar-refractivity contribution < 1.29 is 9.90 Å². The molecule has 0 bridgehead atoms. The van der Waals surface area contributed by atoms with E-state index in [1.165, 1.54) is 12.8 Å². The smallest absolute Gasteiger partial charge is 0.325 e. The molecular weight excluding hydrogens is 218 g/mol. The van der Waals surface area contributed by atoms with Crippen molar-refractivity contribution in [3.63, 3.8) is 0 Å². The summed E-state index contributed by atoms with van der Waals surface area (Å²) in [5.41, 5.74) is 0.742. The van der Waals surface area contributed by atoms with E-state index < -0.39 is 12.0 Å². The molecule has 2 N–H and O–H groups in total. The topological polar surface area (TPSA) is 67.2 Å². The van der Waals surface area contributed by atoms with E-state index >= 15 is 0 Å². The minimum absolute atomic E-state index is 0.334. The number of aromatic nitrogens is 2. The average Bonchev–Trinajstić information content (AvgIpc) is 2.96. The van der Waals surface area contributed by atoms with Gasteiger partial charge in [0.25, 0.3) is 0 Å². The summed E-state index contributed by atoms with van der Waals surface area (Å²) in [5, 5.41) is 16.6. The number of carbonyl (C=O) groups is 1. The molecule has 2 rings (SSSR count). The van der Waals surface area contributed by atoms with Gasteiger partial charge in [0.1, 0.15) is 6.04 Å². The van der Waals surface area contributed by atoms with Crippen molar-refractivity contribution in [2.45, 2.75) is 51.2 Å². The van der Waals surface area contributed by atoms with Crippen molar-refractivity contribution in [3.8, 4) is 0 Å². The number of nitrogens with one attached hydrogen (secondary N) is 1. The van der Waals surface area contributed by atoms with Crippen LogP contribution in [0.15, 0.2) is 12.4 Å². The summed E-state index contributed by atoms with van der Waals surface area (Å²) in [5.74, 6) is -0.826. The first-order valence-electron chi connectivity index (χ1n) is 6.22. The molecule has 1 aliphatic rings. The van der Waals surface area contributed by atoms with Crippen molar-refractivity contribution in [2.75, 3.05) is 0 Å². The van der Waals surface area contributed by atoms with Gasteiger partial charge < -0.3 is 5.11 Å². The number of hydrogen-bond acceptors (Lipinski definition) is 3. The van der Waals surface area contributed by atoms with Crippen molar-refractivity contribution in [2.24, 2.45) is 0 Å². The first-order chi connectivity index (χ1) is 8.20. The molecule has 1 saturated carbocycles. The van der Waals surface area contributed by atoms with Crippen molar-refractivity contribution >= 4 is 5.97 Å². The monoisotopic (exact) mass is 237 g/mol.